The number of aryl methyl sites for hydroxylation is 1. The van der Waals surface area contributed by atoms with E-state index in [9.17, 15) is 9.90 Å². The van der Waals surface area contributed by atoms with Crippen LogP contribution in [0.5, 0.6) is 0 Å². The Morgan fingerprint density at radius 1 is 1.32 bits per heavy atom. The van der Waals surface area contributed by atoms with Crippen LogP contribution in [0, 0.1) is 0 Å². The fourth-order valence-corrected chi connectivity index (χ4v) is 2.59. The maximum Gasteiger partial charge on any atom is 0.339 e. The van der Waals surface area contributed by atoms with E-state index >= 15 is 0 Å². The molecular weight excluding hydrogens is 327 g/mol. The van der Waals surface area contributed by atoms with E-state index in [0.717, 1.165) is 0 Å². The Morgan fingerprint density at radius 2 is 2.09 bits per heavy atom. The number of benzene rings is 1. The number of hydrogen-bond acceptors (Lipinski definition) is 4. The number of carboxylic acids is 1. The van der Waals surface area contributed by atoms with Crippen molar-refractivity contribution in [3.63, 3.8) is 0 Å². The first kappa shape index (κ1) is 14.6. The van der Waals surface area contributed by atoms with Crippen LogP contribution in [0.15, 0.2) is 30.7 Å². The molecule has 0 fully saturated rings. The molecule has 0 aliphatic carbocycles. The fraction of sp³-hybridized carbons (Fsp3) is 0.0714. The standard InChI is InChI=1S/C14H10Cl2N4O2/c1-20-6-18-11-12(20)8(14(21)22)5-17-13(11)19-10-3-2-7(15)4-9(10)16/h2-6H,1H3,(H,17,19)(H,21,22). The number of carboxylic acid groups (broad SMARTS) is 1. The van der Waals surface area contributed by atoms with Gasteiger partial charge >= 0.3 is 5.97 Å². The van der Waals surface area contributed by atoms with E-state index in [2.05, 4.69) is 15.3 Å². The van der Waals surface area contributed by atoms with Gasteiger partial charge in [-0.1, -0.05) is 23.2 Å². The summed E-state index contributed by atoms with van der Waals surface area (Å²) in [4.78, 5) is 19.6. The molecule has 6 nitrogen and oxygen atoms in total. The average molecular weight is 337 g/mol. The number of pyridine rings is 1. The number of rotatable bonds is 3. The fourth-order valence-electron chi connectivity index (χ4n) is 2.14. The largest absolute Gasteiger partial charge is 0.478 e. The van der Waals surface area contributed by atoms with Gasteiger partial charge in [-0.15, -0.1) is 0 Å². The first-order valence-electron chi connectivity index (χ1n) is 6.23. The van der Waals surface area contributed by atoms with Gasteiger partial charge in [-0.2, -0.15) is 0 Å². The van der Waals surface area contributed by atoms with Gasteiger partial charge in [0.25, 0.3) is 0 Å². The maximum absolute atomic E-state index is 11.3. The van der Waals surface area contributed by atoms with Gasteiger partial charge in [-0.25, -0.2) is 14.8 Å². The van der Waals surface area contributed by atoms with Crippen LogP contribution in [0.2, 0.25) is 10.0 Å². The van der Waals surface area contributed by atoms with Gasteiger partial charge in [0.15, 0.2) is 5.82 Å². The number of carbonyl (C=O) groups is 1. The van der Waals surface area contributed by atoms with Gasteiger partial charge < -0.3 is 15.0 Å². The van der Waals surface area contributed by atoms with E-state index in [1.165, 1.54) is 12.5 Å². The predicted molar refractivity (Wildman–Crippen MR) is 85.2 cm³/mol. The molecule has 1 aromatic carbocycles. The molecule has 0 saturated heterocycles. The minimum Gasteiger partial charge on any atom is -0.478 e. The van der Waals surface area contributed by atoms with E-state index in [-0.39, 0.29) is 5.56 Å². The molecule has 0 atom stereocenters. The van der Waals surface area contributed by atoms with Gasteiger partial charge in [0, 0.05) is 18.3 Å². The first-order valence-corrected chi connectivity index (χ1v) is 6.98. The molecule has 3 aromatic rings. The second kappa shape index (κ2) is 5.47. The predicted octanol–water partition coefficient (Wildman–Crippen LogP) is 3.72. The number of halogens is 2. The second-order valence-electron chi connectivity index (χ2n) is 4.63. The van der Waals surface area contributed by atoms with Crippen molar-refractivity contribution in [2.45, 2.75) is 0 Å². The third-order valence-corrected chi connectivity index (χ3v) is 3.70. The number of fused-ring (bicyclic) bond motifs is 1. The molecule has 0 saturated carbocycles. The average Bonchev–Trinajstić information content (AvgIpc) is 2.85. The Balaban J connectivity index is 2.12. The summed E-state index contributed by atoms with van der Waals surface area (Å²) in [5.74, 6) is -0.637. The van der Waals surface area contributed by atoms with E-state index in [1.54, 1.807) is 29.8 Å². The number of aromatic carboxylic acids is 1. The molecular formula is C14H10Cl2N4O2. The van der Waals surface area contributed by atoms with Crippen LogP contribution in [-0.2, 0) is 7.05 Å². The normalized spacial score (nSPS) is 10.9. The second-order valence-corrected chi connectivity index (χ2v) is 5.47. The monoisotopic (exact) mass is 336 g/mol. The van der Waals surface area contributed by atoms with Crippen molar-refractivity contribution in [3.05, 3.63) is 46.3 Å². The zero-order valence-corrected chi connectivity index (χ0v) is 12.9. The lowest BCUT2D eigenvalue weighted by Crippen LogP contribution is -2.04. The van der Waals surface area contributed by atoms with Gasteiger partial charge in [-0.3, -0.25) is 0 Å². The zero-order valence-electron chi connectivity index (χ0n) is 11.3. The van der Waals surface area contributed by atoms with E-state index in [1.807, 2.05) is 0 Å². The maximum atomic E-state index is 11.3. The highest BCUT2D eigenvalue weighted by Gasteiger charge is 2.17. The Labute approximate surface area is 135 Å². The third-order valence-electron chi connectivity index (χ3n) is 3.15. The van der Waals surface area contributed by atoms with Crippen LogP contribution in [-0.4, -0.2) is 25.6 Å². The van der Waals surface area contributed by atoms with Crippen LogP contribution >= 0.6 is 23.2 Å². The summed E-state index contributed by atoms with van der Waals surface area (Å²) in [6, 6.07) is 5.01. The molecule has 22 heavy (non-hydrogen) atoms. The number of nitrogens with one attached hydrogen (secondary N) is 1. The van der Waals surface area contributed by atoms with E-state index < -0.39 is 5.97 Å². The van der Waals surface area contributed by atoms with Crippen molar-refractivity contribution in [1.29, 1.82) is 0 Å². The lowest BCUT2D eigenvalue weighted by atomic mass is 10.2. The molecule has 0 aliphatic heterocycles. The van der Waals surface area contributed by atoms with Gasteiger partial charge in [-0.05, 0) is 18.2 Å². The molecule has 112 valence electrons. The van der Waals surface area contributed by atoms with Crippen LogP contribution in [0.4, 0.5) is 11.5 Å². The first-order chi connectivity index (χ1) is 10.5. The molecule has 0 radical (unpaired) electrons. The zero-order chi connectivity index (χ0) is 15.9. The Kier molecular flexibility index (Phi) is 3.64. The highest BCUT2D eigenvalue weighted by molar-refractivity contribution is 6.36. The lowest BCUT2D eigenvalue weighted by molar-refractivity contribution is 0.0698. The van der Waals surface area contributed by atoms with E-state index in [4.69, 9.17) is 23.2 Å². The molecule has 0 bridgehead atoms. The summed E-state index contributed by atoms with van der Waals surface area (Å²) in [6.45, 7) is 0. The quantitative estimate of drug-likeness (QED) is 0.761. The molecule has 8 heteroatoms. The summed E-state index contributed by atoms with van der Waals surface area (Å²) in [5.41, 5.74) is 1.62. The van der Waals surface area contributed by atoms with Gasteiger partial charge in [0.05, 0.1) is 22.6 Å². The van der Waals surface area contributed by atoms with E-state index in [0.29, 0.717) is 32.6 Å². The molecule has 0 unspecified atom stereocenters. The van der Waals surface area contributed by atoms with Crippen molar-refractivity contribution in [2.24, 2.45) is 7.05 Å². The van der Waals surface area contributed by atoms with Crippen molar-refractivity contribution in [1.82, 2.24) is 14.5 Å². The highest BCUT2D eigenvalue weighted by Crippen LogP contribution is 2.30. The smallest absolute Gasteiger partial charge is 0.339 e. The third kappa shape index (κ3) is 2.47. The Hall–Kier alpha value is -2.31. The van der Waals surface area contributed by atoms with Crippen molar-refractivity contribution in [2.75, 3.05) is 5.32 Å². The Morgan fingerprint density at radius 3 is 2.77 bits per heavy atom. The molecule has 0 aliphatic rings. The summed E-state index contributed by atoms with van der Waals surface area (Å²) < 4.78 is 1.63. The van der Waals surface area contributed by atoms with Crippen molar-refractivity contribution in [3.8, 4) is 0 Å². The SMILES string of the molecule is Cn1cnc2c(Nc3ccc(Cl)cc3Cl)ncc(C(=O)O)c21. The van der Waals surface area contributed by atoms with Crippen LogP contribution in [0.3, 0.4) is 0 Å². The molecule has 2 heterocycles. The van der Waals surface area contributed by atoms with Crippen LogP contribution in [0.1, 0.15) is 10.4 Å². The molecule has 2 aromatic heterocycles. The van der Waals surface area contributed by atoms with Gasteiger partial charge in [0.1, 0.15) is 11.1 Å². The molecule has 2 N–H and O–H groups in total. The minimum atomic E-state index is -1.06. The summed E-state index contributed by atoms with van der Waals surface area (Å²) in [7, 11) is 1.72. The van der Waals surface area contributed by atoms with Gasteiger partial charge in [0.2, 0.25) is 0 Å². The highest BCUT2D eigenvalue weighted by atomic mass is 35.5. The number of imidazole rings is 1. The molecule has 3 rings (SSSR count). The van der Waals surface area contributed by atoms with Crippen LogP contribution < -0.4 is 5.32 Å². The summed E-state index contributed by atoms with van der Waals surface area (Å²) in [6.07, 6.45) is 2.83. The lowest BCUT2D eigenvalue weighted by Gasteiger charge is -2.09. The number of anilines is 2. The number of nitrogens with zero attached hydrogens (tertiary/aromatic N) is 3. The minimum absolute atomic E-state index is 0.0859. The van der Waals surface area contributed by atoms with Crippen LogP contribution in [0.25, 0.3) is 11.0 Å². The molecule has 0 amide bonds. The summed E-state index contributed by atoms with van der Waals surface area (Å²) in [5, 5.41) is 13.2. The molecule has 0 spiro atoms. The Bertz CT molecular complexity index is 892. The number of aromatic nitrogens is 3. The summed E-state index contributed by atoms with van der Waals surface area (Å²) >= 11 is 12.0. The van der Waals surface area contributed by atoms with Crippen molar-refractivity contribution >= 4 is 51.7 Å². The van der Waals surface area contributed by atoms with Crippen molar-refractivity contribution < 1.29 is 9.90 Å². The number of hydrogen-bond donors (Lipinski definition) is 2. The topological polar surface area (TPSA) is 80.0 Å².